The Morgan fingerprint density at radius 3 is 2.65 bits per heavy atom. The molecule has 2 N–H and O–H groups in total. The molecule has 6 heteroatoms. The molecule has 0 bridgehead atoms. The molecule has 1 amide bonds. The Morgan fingerprint density at radius 1 is 1.17 bits per heavy atom. The van der Waals surface area contributed by atoms with Crippen LogP contribution < -0.4 is 10.9 Å². The van der Waals surface area contributed by atoms with E-state index in [2.05, 4.69) is 10.3 Å². The number of halogens is 1. The van der Waals surface area contributed by atoms with Crippen molar-refractivity contribution in [3.63, 3.8) is 0 Å². The van der Waals surface area contributed by atoms with E-state index in [0.29, 0.717) is 36.1 Å². The number of Topliss-reactive ketones (excluding diaryl/α,β-unsaturated/α-hetero) is 1. The zero-order chi connectivity index (χ0) is 16.4. The zero-order valence-electron chi connectivity index (χ0n) is 12.3. The van der Waals surface area contributed by atoms with Gasteiger partial charge in [-0.3, -0.25) is 14.4 Å². The largest absolute Gasteiger partial charge is 0.348 e. The Hall–Kier alpha value is -2.76. The normalized spacial score (nSPS) is 13.5. The molecule has 0 fully saturated rings. The second-order valence-electron chi connectivity index (χ2n) is 5.49. The fraction of sp³-hybridized carbons (Fsp3) is 0.235. The van der Waals surface area contributed by atoms with E-state index in [1.807, 2.05) is 0 Å². The van der Waals surface area contributed by atoms with Crippen LogP contribution in [0.5, 0.6) is 0 Å². The molecule has 2 aromatic rings. The van der Waals surface area contributed by atoms with Crippen molar-refractivity contribution in [3.8, 4) is 0 Å². The molecule has 0 aliphatic heterocycles. The third kappa shape index (κ3) is 3.21. The van der Waals surface area contributed by atoms with Gasteiger partial charge in [0, 0.05) is 24.2 Å². The molecule has 118 valence electrons. The average molecular weight is 314 g/mol. The van der Waals surface area contributed by atoms with E-state index in [1.165, 1.54) is 18.2 Å². The van der Waals surface area contributed by atoms with Crippen molar-refractivity contribution in [2.24, 2.45) is 0 Å². The molecular weight excluding hydrogens is 299 g/mol. The van der Waals surface area contributed by atoms with Gasteiger partial charge in [-0.1, -0.05) is 12.1 Å². The van der Waals surface area contributed by atoms with Gasteiger partial charge in [-0.25, -0.2) is 4.39 Å². The van der Waals surface area contributed by atoms with Gasteiger partial charge in [-0.05, 0) is 36.6 Å². The van der Waals surface area contributed by atoms with E-state index in [0.717, 1.165) is 0 Å². The van der Waals surface area contributed by atoms with E-state index in [4.69, 9.17) is 0 Å². The molecule has 5 nitrogen and oxygen atoms in total. The molecule has 0 atom stereocenters. The van der Waals surface area contributed by atoms with Gasteiger partial charge in [0.25, 0.3) is 11.5 Å². The van der Waals surface area contributed by atoms with Crippen molar-refractivity contribution < 1.29 is 14.0 Å². The fourth-order valence-corrected chi connectivity index (χ4v) is 2.62. The molecule has 23 heavy (non-hydrogen) atoms. The van der Waals surface area contributed by atoms with Gasteiger partial charge < -0.3 is 10.3 Å². The Balaban J connectivity index is 1.79. The standard InChI is InChI=1S/C17H15FN2O3/c18-11-6-4-10(5-7-11)9-19-16(22)13-8-12-14(20-17(13)23)2-1-3-15(12)21/h4-8H,1-3,9H2,(H,19,22)(H,20,23). The summed E-state index contributed by atoms with van der Waals surface area (Å²) in [4.78, 5) is 38.7. The number of rotatable bonds is 3. The van der Waals surface area contributed by atoms with E-state index >= 15 is 0 Å². The number of H-pyrrole nitrogens is 1. The summed E-state index contributed by atoms with van der Waals surface area (Å²) >= 11 is 0. The molecule has 1 aromatic carbocycles. The third-order valence-corrected chi connectivity index (χ3v) is 3.86. The number of aromatic amines is 1. The van der Waals surface area contributed by atoms with Crippen LogP contribution in [-0.4, -0.2) is 16.7 Å². The van der Waals surface area contributed by atoms with Crippen LogP contribution in [0.3, 0.4) is 0 Å². The Morgan fingerprint density at radius 2 is 1.91 bits per heavy atom. The van der Waals surface area contributed by atoms with Crippen LogP contribution in [0.15, 0.2) is 35.1 Å². The van der Waals surface area contributed by atoms with Crippen LogP contribution in [0.25, 0.3) is 0 Å². The Labute approximate surface area is 131 Å². The van der Waals surface area contributed by atoms with Crippen molar-refractivity contribution in [1.29, 1.82) is 0 Å². The highest BCUT2D eigenvalue weighted by atomic mass is 19.1. The molecule has 1 aliphatic carbocycles. The lowest BCUT2D eigenvalue weighted by molar-refractivity contribution is 0.0949. The van der Waals surface area contributed by atoms with E-state index in [1.54, 1.807) is 12.1 Å². The number of fused-ring (bicyclic) bond motifs is 1. The van der Waals surface area contributed by atoms with Crippen molar-refractivity contribution in [1.82, 2.24) is 10.3 Å². The number of aryl methyl sites for hydroxylation is 1. The number of benzene rings is 1. The summed E-state index contributed by atoms with van der Waals surface area (Å²) in [7, 11) is 0. The Bertz CT molecular complexity index is 825. The molecule has 0 spiro atoms. The van der Waals surface area contributed by atoms with Crippen LogP contribution in [0.2, 0.25) is 0 Å². The predicted molar refractivity (Wildman–Crippen MR) is 81.9 cm³/mol. The van der Waals surface area contributed by atoms with Crippen molar-refractivity contribution in [2.45, 2.75) is 25.8 Å². The second-order valence-corrected chi connectivity index (χ2v) is 5.49. The topological polar surface area (TPSA) is 79.0 Å². The first-order valence-corrected chi connectivity index (χ1v) is 7.36. The molecule has 0 unspecified atom stereocenters. The van der Waals surface area contributed by atoms with Gasteiger partial charge in [0.1, 0.15) is 11.4 Å². The number of hydrogen-bond donors (Lipinski definition) is 2. The smallest absolute Gasteiger partial charge is 0.261 e. The van der Waals surface area contributed by atoms with Crippen LogP contribution in [-0.2, 0) is 13.0 Å². The molecule has 0 saturated heterocycles. The maximum absolute atomic E-state index is 12.8. The lowest BCUT2D eigenvalue weighted by Crippen LogP contribution is -2.31. The average Bonchev–Trinajstić information content (AvgIpc) is 2.54. The van der Waals surface area contributed by atoms with E-state index in [9.17, 15) is 18.8 Å². The maximum atomic E-state index is 12.8. The zero-order valence-corrected chi connectivity index (χ0v) is 12.3. The van der Waals surface area contributed by atoms with Crippen LogP contribution in [0.1, 0.15) is 44.8 Å². The highest BCUT2D eigenvalue weighted by molar-refractivity contribution is 6.01. The molecule has 3 rings (SSSR count). The number of ketones is 1. The number of amides is 1. The quantitative estimate of drug-likeness (QED) is 0.909. The van der Waals surface area contributed by atoms with Gasteiger partial charge in [0.2, 0.25) is 0 Å². The molecule has 1 heterocycles. The summed E-state index contributed by atoms with van der Waals surface area (Å²) in [5, 5.41) is 2.60. The minimum atomic E-state index is -0.559. The summed E-state index contributed by atoms with van der Waals surface area (Å²) in [5.74, 6) is -0.975. The van der Waals surface area contributed by atoms with Gasteiger partial charge >= 0.3 is 0 Å². The highest BCUT2D eigenvalue weighted by Crippen LogP contribution is 2.18. The number of carbonyl (C=O) groups is 2. The SMILES string of the molecule is O=C1CCCc2[nH]c(=O)c(C(=O)NCc3ccc(F)cc3)cc21. The summed E-state index contributed by atoms with van der Waals surface area (Å²) in [6.45, 7) is 0.170. The van der Waals surface area contributed by atoms with E-state index < -0.39 is 11.5 Å². The summed E-state index contributed by atoms with van der Waals surface area (Å²) in [5.41, 5.74) is 1.14. The maximum Gasteiger partial charge on any atom is 0.261 e. The highest BCUT2D eigenvalue weighted by Gasteiger charge is 2.21. The molecule has 0 saturated carbocycles. The predicted octanol–water partition coefficient (Wildman–Crippen LogP) is 1.96. The van der Waals surface area contributed by atoms with Gasteiger partial charge in [0.15, 0.2) is 5.78 Å². The minimum Gasteiger partial charge on any atom is -0.348 e. The monoisotopic (exact) mass is 314 g/mol. The first-order chi connectivity index (χ1) is 11.0. The number of aromatic nitrogens is 1. The van der Waals surface area contributed by atoms with Gasteiger partial charge in [0.05, 0.1) is 0 Å². The third-order valence-electron chi connectivity index (χ3n) is 3.86. The molecule has 0 radical (unpaired) electrons. The number of nitrogens with one attached hydrogen (secondary N) is 2. The Kier molecular flexibility index (Phi) is 4.06. The van der Waals surface area contributed by atoms with Crippen molar-refractivity contribution >= 4 is 11.7 Å². The summed E-state index contributed by atoms with van der Waals surface area (Å²) in [6.07, 6.45) is 1.77. The first kappa shape index (κ1) is 15.1. The summed E-state index contributed by atoms with van der Waals surface area (Å²) in [6, 6.07) is 7.07. The summed E-state index contributed by atoms with van der Waals surface area (Å²) < 4.78 is 12.8. The molecule has 1 aromatic heterocycles. The van der Waals surface area contributed by atoms with Crippen molar-refractivity contribution in [3.05, 3.63) is 68.9 Å². The number of hydrogen-bond acceptors (Lipinski definition) is 3. The van der Waals surface area contributed by atoms with E-state index in [-0.39, 0.29) is 23.7 Å². The number of carbonyl (C=O) groups excluding carboxylic acids is 2. The lowest BCUT2D eigenvalue weighted by Gasteiger charge is -2.15. The first-order valence-electron chi connectivity index (χ1n) is 7.36. The number of pyridine rings is 1. The van der Waals surface area contributed by atoms with Gasteiger partial charge in [-0.15, -0.1) is 0 Å². The molecular formula is C17H15FN2O3. The minimum absolute atomic E-state index is 0.0601. The second kappa shape index (κ2) is 6.16. The molecule has 1 aliphatic rings. The fourth-order valence-electron chi connectivity index (χ4n) is 2.62. The van der Waals surface area contributed by atoms with Crippen molar-refractivity contribution in [2.75, 3.05) is 0 Å². The lowest BCUT2D eigenvalue weighted by atomic mass is 9.93. The van der Waals surface area contributed by atoms with Crippen LogP contribution in [0, 0.1) is 5.82 Å². The van der Waals surface area contributed by atoms with Gasteiger partial charge in [-0.2, -0.15) is 0 Å². The van der Waals surface area contributed by atoms with Crippen LogP contribution in [0.4, 0.5) is 4.39 Å². The van der Waals surface area contributed by atoms with Crippen LogP contribution >= 0.6 is 0 Å².